The molecule has 5 nitrogen and oxygen atoms in total. The van der Waals surface area contributed by atoms with E-state index < -0.39 is 17.3 Å². The standard InChI is InChI=1S/C11H14ClN3O2/c1-8(12)10(16)14-11(17)15(2)7-9-4-3-5-13-6-9/h3-6,8H,7H2,1-2H3,(H,14,16,17). The maximum Gasteiger partial charge on any atom is 0.324 e. The molecule has 0 aromatic carbocycles. The topological polar surface area (TPSA) is 62.3 Å². The largest absolute Gasteiger partial charge is 0.324 e. The number of nitrogens with one attached hydrogen (secondary N) is 1. The lowest BCUT2D eigenvalue weighted by Gasteiger charge is -2.17. The van der Waals surface area contributed by atoms with Gasteiger partial charge in [0.05, 0.1) is 0 Å². The zero-order chi connectivity index (χ0) is 12.8. The predicted octanol–water partition coefficient (Wildman–Crippen LogP) is 1.38. The summed E-state index contributed by atoms with van der Waals surface area (Å²) in [6, 6.07) is 3.15. The molecular weight excluding hydrogens is 242 g/mol. The van der Waals surface area contributed by atoms with Gasteiger partial charge in [-0.3, -0.25) is 15.1 Å². The molecule has 1 atom stereocenters. The number of halogens is 1. The fourth-order valence-corrected chi connectivity index (χ4v) is 1.19. The molecule has 17 heavy (non-hydrogen) atoms. The monoisotopic (exact) mass is 255 g/mol. The number of pyridine rings is 1. The van der Waals surface area contributed by atoms with Crippen LogP contribution in [0.3, 0.4) is 0 Å². The van der Waals surface area contributed by atoms with Crippen molar-refractivity contribution in [2.24, 2.45) is 0 Å². The van der Waals surface area contributed by atoms with Gasteiger partial charge in [0.2, 0.25) is 5.91 Å². The second kappa shape index (κ2) is 6.20. The Morgan fingerprint density at radius 1 is 1.59 bits per heavy atom. The molecule has 0 radical (unpaired) electrons. The first-order valence-corrected chi connectivity index (χ1v) is 5.53. The molecule has 1 aromatic heterocycles. The number of hydrogen-bond acceptors (Lipinski definition) is 3. The fourth-order valence-electron chi connectivity index (χ4n) is 1.14. The van der Waals surface area contributed by atoms with Crippen molar-refractivity contribution in [2.75, 3.05) is 7.05 Å². The van der Waals surface area contributed by atoms with Crippen LogP contribution < -0.4 is 5.32 Å². The number of imide groups is 1. The van der Waals surface area contributed by atoms with Gasteiger partial charge in [-0.2, -0.15) is 0 Å². The number of urea groups is 1. The van der Waals surface area contributed by atoms with Crippen molar-refractivity contribution in [3.05, 3.63) is 30.1 Å². The Balaban J connectivity index is 2.51. The first-order valence-electron chi connectivity index (χ1n) is 5.09. The van der Waals surface area contributed by atoms with Gasteiger partial charge >= 0.3 is 6.03 Å². The number of hydrogen-bond donors (Lipinski definition) is 1. The van der Waals surface area contributed by atoms with E-state index in [1.807, 2.05) is 6.07 Å². The summed E-state index contributed by atoms with van der Waals surface area (Å²) in [5, 5.41) is 1.46. The van der Waals surface area contributed by atoms with Gasteiger partial charge in [-0.05, 0) is 18.6 Å². The summed E-state index contributed by atoms with van der Waals surface area (Å²) in [5.41, 5.74) is 0.886. The summed E-state index contributed by atoms with van der Waals surface area (Å²) in [6.45, 7) is 1.88. The van der Waals surface area contributed by atoms with Crippen LogP contribution in [0.4, 0.5) is 4.79 Å². The highest BCUT2D eigenvalue weighted by molar-refractivity contribution is 6.31. The van der Waals surface area contributed by atoms with E-state index in [0.717, 1.165) is 5.56 Å². The van der Waals surface area contributed by atoms with E-state index in [1.54, 1.807) is 25.5 Å². The highest BCUT2D eigenvalue weighted by atomic mass is 35.5. The Morgan fingerprint density at radius 3 is 2.82 bits per heavy atom. The number of aromatic nitrogens is 1. The predicted molar refractivity (Wildman–Crippen MR) is 64.6 cm³/mol. The summed E-state index contributed by atoms with van der Waals surface area (Å²) >= 11 is 5.54. The van der Waals surface area contributed by atoms with Crippen LogP contribution in [0.15, 0.2) is 24.5 Å². The van der Waals surface area contributed by atoms with Gasteiger partial charge in [-0.25, -0.2) is 4.79 Å². The molecule has 0 bridgehead atoms. The van der Waals surface area contributed by atoms with Gasteiger partial charge in [0.1, 0.15) is 5.38 Å². The van der Waals surface area contributed by atoms with Crippen LogP contribution in [0, 0.1) is 0 Å². The Labute approximate surface area is 105 Å². The molecule has 0 aliphatic heterocycles. The number of amides is 3. The molecule has 3 amide bonds. The van der Waals surface area contributed by atoms with E-state index in [4.69, 9.17) is 11.6 Å². The molecule has 0 aliphatic rings. The third kappa shape index (κ3) is 4.40. The maximum absolute atomic E-state index is 11.6. The van der Waals surface area contributed by atoms with E-state index in [-0.39, 0.29) is 0 Å². The SMILES string of the molecule is CC(Cl)C(=O)NC(=O)N(C)Cc1cccnc1. The molecule has 0 saturated carbocycles. The van der Waals surface area contributed by atoms with Crippen molar-refractivity contribution < 1.29 is 9.59 Å². The van der Waals surface area contributed by atoms with Gasteiger partial charge < -0.3 is 4.90 Å². The van der Waals surface area contributed by atoms with E-state index in [1.165, 1.54) is 11.8 Å². The molecule has 1 unspecified atom stereocenters. The molecule has 0 aliphatic carbocycles. The minimum atomic E-state index is -0.731. The molecule has 0 saturated heterocycles. The minimum absolute atomic E-state index is 0.379. The zero-order valence-electron chi connectivity index (χ0n) is 9.68. The minimum Gasteiger partial charge on any atom is -0.323 e. The molecule has 1 rings (SSSR count). The van der Waals surface area contributed by atoms with E-state index in [0.29, 0.717) is 6.54 Å². The summed E-state index contributed by atoms with van der Waals surface area (Å²) in [4.78, 5) is 28.1. The lowest BCUT2D eigenvalue weighted by Crippen LogP contribution is -2.42. The maximum atomic E-state index is 11.6. The number of alkyl halides is 1. The van der Waals surface area contributed by atoms with Crippen molar-refractivity contribution in [1.82, 2.24) is 15.2 Å². The highest BCUT2D eigenvalue weighted by Gasteiger charge is 2.16. The lowest BCUT2D eigenvalue weighted by molar-refractivity contribution is -0.119. The van der Waals surface area contributed by atoms with E-state index in [9.17, 15) is 9.59 Å². The van der Waals surface area contributed by atoms with Gasteiger partial charge in [0.25, 0.3) is 0 Å². The average molecular weight is 256 g/mol. The third-order valence-corrected chi connectivity index (χ3v) is 2.28. The summed E-state index contributed by atoms with van der Waals surface area (Å²) in [7, 11) is 1.59. The lowest BCUT2D eigenvalue weighted by atomic mass is 10.3. The fraction of sp³-hybridized carbons (Fsp3) is 0.364. The zero-order valence-corrected chi connectivity index (χ0v) is 10.4. The van der Waals surface area contributed by atoms with Crippen LogP contribution in [0.2, 0.25) is 0 Å². The molecule has 0 spiro atoms. The van der Waals surface area contributed by atoms with Crippen molar-refractivity contribution >= 4 is 23.5 Å². The highest BCUT2D eigenvalue weighted by Crippen LogP contribution is 2.01. The van der Waals surface area contributed by atoms with E-state index in [2.05, 4.69) is 10.3 Å². The second-order valence-corrected chi connectivity index (χ2v) is 4.28. The number of carbonyl (C=O) groups excluding carboxylic acids is 2. The van der Waals surface area contributed by atoms with Gasteiger partial charge in [0, 0.05) is 26.0 Å². The normalized spacial score (nSPS) is 11.7. The van der Waals surface area contributed by atoms with Gasteiger partial charge in [0.15, 0.2) is 0 Å². The Kier molecular flexibility index (Phi) is 4.90. The molecule has 6 heteroatoms. The van der Waals surface area contributed by atoms with Crippen LogP contribution in [0.1, 0.15) is 12.5 Å². The van der Waals surface area contributed by atoms with E-state index >= 15 is 0 Å². The molecule has 1 heterocycles. The second-order valence-electron chi connectivity index (χ2n) is 3.63. The van der Waals surface area contributed by atoms with Crippen LogP contribution >= 0.6 is 11.6 Å². The Bertz CT molecular complexity index is 395. The van der Waals surface area contributed by atoms with Crippen LogP contribution in [0.5, 0.6) is 0 Å². The van der Waals surface area contributed by atoms with Crippen LogP contribution in [0.25, 0.3) is 0 Å². The van der Waals surface area contributed by atoms with Crippen LogP contribution in [-0.4, -0.2) is 34.2 Å². The third-order valence-electron chi connectivity index (χ3n) is 2.08. The molecule has 92 valence electrons. The molecule has 0 fully saturated rings. The first kappa shape index (κ1) is 13.4. The van der Waals surface area contributed by atoms with Crippen molar-refractivity contribution in [2.45, 2.75) is 18.8 Å². The smallest absolute Gasteiger partial charge is 0.323 e. The van der Waals surface area contributed by atoms with Crippen molar-refractivity contribution in [3.8, 4) is 0 Å². The Hall–Kier alpha value is -1.62. The summed E-state index contributed by atoms with van der Waals surface area (Å²) in [5.74, 6) is -0.505. The number of carbonyl (C=O) groups is 2. The molecule has 1 aromatic rings. The quantitative estimate of drug-likeness (QED) is 0.830. The number of nitrogens with zero attached hydrogens (tertiary/aromatic N) is 2. The molecular formula is C11H14ClN3O2. The average Bonchev–Trinajstić information content (AvgIpc) is 2.29. The van der Waals surface area contributed by atoms with Gasteiger partial charge in [-0.15, -0.1) is 11.6 Å². The summed E-state index contributed by atoms with van der Waals surface area (Å²) < 4.78 is 0. The Morgan fingerprint density at radius 2 is 2.29 bits per heavy atom. The number of rotatable bonds is 3. The van der Waals surface area contributed by atoms with Gasteiger partial charge in [-0.1, -0.05) is 6.07 Å². The van der Waals surface area contributed by atoms with Crippen molar-refractivity contribution in [3.63, 3.8) is 0 Å². The van der Waals surface area contributed by atoms with Crippen LogP contribution in [-0.2, 0) is 11.3 Å². The molecule has 1 N–H and O–H groups in total. The first-order chi connectivity index (χ1) is 8.00. The van der Waals surface area contributed by atoms with Crippen molar-refractivity contribution in [1.29, 1.82) is 0 Å². The summed E-state index contributed by atoms with van der Waals surface area (Å²) in [6.07, 6.45) is 3.32.